The molecule has 0 spiro atoms. The van der Waals surface area contributed by atoms with E-state index in [1.165, 1.54) is 19.3 Å². The number of rotatable bonds is 1. The molecule has 3 fully saturated rings. The van der Waals surface area contributed by atoms with Crippen LogP contribution in [0.4, 0.5) is 0 Å². The molecule has 3 heteroatoms. The quantitative estimate of drug-likeness (QED) is 0.677. The Bertz CT molecular complexity index is 232. The second kappa shape index (κ2) is 3.72. The van der Waals surface area contributed by atoms with Gasteiger partial charge in [0, 0.05) is 18.1 Å². The lowest BCUT2D eigenvalue weighted by Gasteiger charge is -2.42. The van der Waals surface area contributed by atoms with Crippen LogP contribution < -0.4 is 0 Å². The summed E-state index contributed by atoms with van der Waals surface area (Å²) >= 11 is 0. The van der Waals surface area contributed by atoms with E-state index in [2.05, 4.69) is 4.90 Å². The Morgan fingerprint density at radius 1 is 0.867 bits per heavy atom. The average molecular weight is 211 g/mol. The number of hydrogen-bond donors (Lipinski definition) is 2. The van der Waals surface area contributed by atoms with Gasteiger partial charge in [-0.05, 0) is 44.9 Å². The van der Waals surface area contributed by atoms with Gasteiger partial charge in [-0.15, -0.1) is 0 Å². The molecule has 2 N–H and O–H groups in total. The number of hydrogen-bond acceptors (Lipinski definition) is 3. The minimum absolute atomic E-state index is 0.0858. The highest BCUT2D eigenvalue weighted by Gasteiger charge is 2.46. The first kappa shape index (κ1) is 10.1. The molecule has 2 heterocycles. The Morgan fingerprint density at radius 2 is 1.53 bits per heavy atom. The molecule has 1 aliphatic carbocycles. The molecule has 86 valence electrons. The Morgan fingerprint density at radius 3 is 2.07 bits per heavy atom. The largest absolute Gasteiger partial charge is 0.393 e. The molecule has 3 aliphatic rings. The lowest BCUT2D eigenvalue weighted by molar-refractivity contribution is -0.0212. The van der Waals surface area contributed by atoms with Gasteiger partial charge < -0.3 is 10.2 Å². The van der Waals surface area contributed by atoms with Gasteiger partial charge in [-0.2, -0.15) is 0 Å². The van der Waals surface area contributed by atoms with E-state index in [9.17, 15) is 10.2 Å². The molecule has 0 aromatic carbocycles. The summed E-state index contributed by atoms with van der Waals surface area (Å²) in [6.07, 6.45) is 7.42. The second-order valence-corrected chi connectivity index (χ2v) is 5.52. The van der Waals surface area contributed by atoms with E-state index in [4.69, 9.17) is 0 Å². The molecule has 0 aromatic rings. The summed E-state index contributed by atoms with van der Waals surface area (Å²) in [7, 11) is 0. The Kier molecular flexibility index (Phi) is 2.49. The van der Waals surface area contributed by atoms with Gasteiger partial charge in [0.2, 0.25) is 0 Å². The number of piperidine rings is 1. The van der Waals surface area contributed by atoms with Crippen molar-refractivity contribution in [3.8, 4) is 0 Å². The van der Waals surface area contributed by atoms with Crippen molar-refractivity contribution in [2.24, 2.45) is 0 Å². The van der Waals surface area contributed by atoms with Gasteiger partial charge in [0.05, 0.1) is 12.2 Å². The normalized spacial score (nSPS) is 51.2. The van der Waals surface area contributed by atoms with Crippen LogP contribution >= 0.6 is 0 Å². The number of aliphatic hydroxyl groups excluding tert-OH is 2. The van der Waals surface area contributed by atoms with Gasteiger partial charge in [0.15, 0.2) is 0 Å². The van der Waals surface area contributed by atoms with E-state index in [-0.39, 0.29) is 12.2 Å². The van der Waals surface area contributed by atoms with Gasteiger partial charge in [0.1, 0.15) is 0 Å². The van der Waals surface area contributed by atoms with Gasteiger partial charge >= 0.3 is 0 Å². The predicted octanol–water partition coefficient (Wildman–Crippen LogP) is 0.887. The predicted molar refractivity (Wildman–Crippen MR) is 57.5 cm³/mol. The van der Waals surface area contributed by atoms with Crippen LogP contribution in [0.25, 0.3) is 0 Å². The van der Waals surface area contributed by atoms with E-state index in [0.717, 1.165) is 25.7 Å². The zero-order valence-corrected chi connectivity index (χ0v) is 9.18. The summed E-state index contributed by atoms with van der Waals surface area (Å²) in [5, 5.41) is 19.7. The molecule has 3 nitrogen and oxygen atoms in total. The molecule has 3 rings (SSSR count). The number of aliphatic hydroxyl groups is 2. The first-order chi connectivity index (χ1) is 7.25. The topological polar surface area (TPSA) is 43.7 Å². The third-order valence-electron chi connectivity index (χ3n) is 4.59. The SMILES string of the molecule is OC1CC2CCC(C1)N2[C@@H]1CCC[C@H]1O. The summed E-state index contributed by atoms with van der Waals surface area (Å²) in [5.74, 6) is 0. The molecule has 2 unspecified atom stereocenters. The van der Waals surface area contributed by atoms with E-state index in [0.29, 0.717) is 18.1 Å². The van der Waals surface area contributed by atoms with Crippen molar-refractivity contribution < 1.29 is 10.2 Å². The summed E-state index contributed by atoms with van der Waals surface area (Å²) < 4.78 is 0. The molecule has 2 aliphatic heterocycles. The van der Waals surface area contributed by atoms with E-state index in [1.807, 2.05) is 0 Å². The minimum atomic E-state index is -0.108. The van der Waals surface area contributed by atoms with E-state index < -0.39 is 0 Å². The Hall–Kier alpha value is -0.120. The maximum Gasteiger partial charge on any atom is 0.0695 e. The summed E-state index contributed by atoms with van der Waals surface area (Å²) in [6.45, 7) is 0. The van der Waals surface area contributed by atoms with Crippen molar-refractivity contribution in [2.45, 2.75) is 75.3 Å². The fourth-order valence-electron chi connectivity index (χ4n) is 3.99. The van der Waals surface area contributed by atoms with Crippen LogP contribution in [0.5, 0.6) is 0 Å². The first-order valence-electron chi connectivity index (χ1n) is 6.39. The third kappa shape index (κ3) is 1.61. The highest BCUT2D eigenvalue weighted by molar-refractivity contribution is 5.01. The van der Waals surface area contributed by atoms with Crippen LogP contribution in [0.2, 0.25) is 0 Å². The summed E-state index contributed by atoms with van der Waals surface area (Å²) in [4.78, 5) is 2.55. The third-order valence-corrected chi connectivity index (χ3v) is 4.59. The van der Waals surface area contributed by atoms with Crippen LogP contribution in [-0.4, -0.2) is 45.4 Å². The van der Waals surface area contributed by atoms with Gasteiger partial charge in [-0.3, -0.25) is 4.90 Å². The molecule has 1 saturated carbocycles. The van der Waals surface area contributed by atoms with Gasteiger partial charge in [-0.25, -0.2) is 0 Å². The average Bonchev–Trinajstić information content (AvgIpc) is 2.69. The van der Waals surface area contributed by atoms with Crippen molar-refractivity contribution in [1.29, 1.82) is 0 Å². The van der Waals surface area contributed by atoms with Crippen molar-refractivity contribution >= 4 is 0 Å². The molecule has 2 bridgehead atoms. The monoisotopic (exact) mass is 211 g/mol. The Balaban J connectivity index is 1.76. The molecule has 0 radical (unpaired) electrons. The fraction of sp³-hybridized carbons (Fsp3) is 1.00. The highest BCUT2D eigenvalue weighted by Crippen LogP contribution is 2.40. The number of fused-ring (bicyclic) bond motifs is 2. The standard InChI is InChI=1S/C12H21NO2/c14-10-6-8-4-5-9(7-10)13(8)11-2-1-3-12(11)15/h8-12,14-15H,1-7H2/t8?,9?,10?,11-,12-/m1/s1. The smallest absolute Gasteiger partial charge is 0.0695 e. The van der Waals surface area contributed by atoms with Crippen molar-refractivity contribution in [2.75, 3.05) is 0 Å². The zero-order valence-electron chi connectivity index (χ0n) is 9.18. The van der Waals surface area contributed by atoms with Crippen LogP contribution in [0.3, 0.4) is 0 Å². The zero-order chi connectivity index (χ0) is 10.4. The fourth-order valence-corrected chi connectivity index (χ4v) is 3.99. The second-order valence-electron chi connectivity index (χ2n) is 5.52. The van der Waals surface area contributed by atoms with Crippen molar-refractivity contribution in [3.63, 3.8) is 0 Å². The lowest BCUT2D eigenvalue weighted by Crippen LogP contribution is -2.52. The van der Waals surface area contributed by atoms with E-state index >= 15 is 0 Å². The van der Waals surface area contributed by atoms with Crippen LogP contribution in [0, 0.1) is 0 Å². The molecule has 0 amide bonds. The molecular formula is C12H21NO2. The lowest BCUT2D eigenvalue weighted by atomic mass is 9.96. The molecular weight excluding hydrogens is 190 g/mol. The van der Waals surface area contributed by atoms with Gasteiger partial charge in [0.25, 0.3) is 0 Å². The highest BCUT2D eigenvalue weighted by atomic mass is 16.3. The van der Waals surface area contributed by atoms with Gasteiger partial charge in [-0.1, -0.05) is 0 Å². The first-order valence-corrected chi connectivity index (χ1v) is 6.39. The van der Waals surface area contributed by atoms with Crippen LogP contribution in [0.15, 0.2) is 0 Å². The molecule has 4 atom stereocenters. The van der Waals surface area contributed by atoms with Crippen molar-refractivity contribution in [1.82, 2.24) is 4.90 Å². The molecule has 0 aromatic heterocycles. The van der Waals surface area contributed by atoms with Crippen molar-refractivity contribution in [3.05, 3.63) is 0 Å². The minimum Gasteiger partial charge on any atom is -0.393 e. The Labute approximate surface area is 91.1 Å². The molecule has 15 heavy (non-hydrogen) atoms. The summed E-state index contributed by atoms with van der Waals surface area (Å²) in [5.41, 5.74) is 0. The number of nitrogens with zero attached hydrogens (tertiary/aromatic N) is 1. The van der Waals surface area contributed by atoms with Crippen LogP contribution in [0.1, 0.15) is 44.9 Å². The molecule has 2 saturated heterocycles. The summed E-state index contributed by atoms with van der Waals surface area (Å²) in [6, 6.07) is 1.50. The maximum absolute atomic E-state index is 9.97. The maximum atomic E-state index is 9.97. The van der Waals surface area contributed by atoms with E-state index in [1.54, 1.807) is 0 Å². The van der Waals surface area contributed by atoms with Crippen LogP contribution in [-0.2, 0) is 0 Å².